The summed E-state index contributed by atoms with van der Waals surface area (Å²) in [4.78, 5) is 20.6. The molecule has 0 aliphatic carbocycles. The number of aromatic carboxylic acids is 1. The number of unbranched alkanes of at least 4 members (excludes halogenated alkanes) is 1. The lowest BCUT2D eigenvalue weighted by Crippen LogP contribution is -2.06. The fourth-order valence-electron chi connectivity index (χ4n) is 3.66. The number of anilines is 1. The lowest BCUT2D eigenvalue weighted by atomic mass is 10.1. The first kappa shape index (κ1) is 18.9. The molecule has 6 nitrogen and oxygen atoms in total. The van der Waals surface area contributed by atoms with Gasteiger partial charge in [0, 0.05) is 18.4 Å². The molecule has 4 rings (SSSR count). The smallest absolute Gasteiger partial charge is 0.335 e. The second-order valence-corrected chi connectivity index (χ2v) is 7.43. The number of imidazole rings is 1. The first-order valence-electron chi connectivity index (χ1n) is 9.85. The molecule has 0 saturated carbocycles. The molecule has 0 radical (unpaired) electrons. The lowest BCUT2D eigenvalue weighted by Gasteiger charge is -2.12. The Labute approximate surface area is 169 Å². The number of aromatic nitrogens is 3. The van der Waals surface area contributed by atoms with Crippen molar-refractivity contribution in [3.05, 3.63) is 65.0 Å². The summed E-state index contributed by atoms with van der Waals surface area (Å²) >= 11 is 0. The molecule has 0 aliphatic rings. The lowest BCUT2D eigenvalue weighted by molar-refractivity contribution is 0.0697. The van der Waals surface area contributed by atoms with Crippen molar-refractivity contribution in [2.45, 2.75) is 39.7 Å². The van der Waals surface area contributed by atoms with Crippen molar-refractivity contribution in [3.63, 3.8) is 0 Å². The summed E-state index contributed by atoms with van der Waals surface area (Å²) in [7, 11) is 0. The van der Waals surface area contributed by atoms with Gasteiger partial charge in [0.15, 0.2) is 5.82 Å². The molecule has 0 fully saturated rings. The molecule has 6 heteroatoms. The van der Waals surface area contributed by atoms with Gasteiger partial charge in [0.1, 0.15) is 11.3 Å². The number of hydrogen-bond donors (Lipinski definition) is 2. The van der Waals surface area contributed by atoms with Crippen LogP contribution < -0.4 is 5.73 Å². The van der Waals surface area contributed by atoms with Gasteiger partial charge in [0.2, 0.25) is 0 Å². The molecule has 0 unspecified atom stereocenters. The van der Waals surface area contributed by atoms with Crippen molar-refractivity contribution in [3.8, 4) is 0 Å². The van der Waals surface area contributed by atoms with Crippen LogP contribution in [0.2, 0.25) is 0 Å². The van der Waals surface area contributed by atoms with E-state index in [9.17, 15) is 9.90 Å². The highest BCUT2D eigenvalue weighted by molar-refractivity contribution is 6.08. The van der Waals surface area contributed by atoms with E-state index in [0.717, 1.165) is 36.0 Å². The van der Waals surface area contributed by atoms with E-state index < -0.39 is 5.97 Å². The van der Waals surface area contributed by atoms with Crippen LogP contribution in [0.15, 0.2) is 42.5 Å². The summed E-state index contributed by atoms with van der Waals surface area (Å²) in [5.74, 6) is 0.324. The number of hydrogen-bond acceptors (Lipinski definition) is 4. The van der Waals surface area contributed by atoms with Crippen molar-refractivity contribution < 1.29 is 9.90 Å². The zero-order chi connectivity index (χ0) is 20.5. The summed E-state index contributed by atoms with van der Waals surface area (Å²) in [6.07, 6.45) is 2.96. The fourth-order valence-corrected chi connectivity index (χ4v) is 3.66. The number of nitrogens with zero attached hydrogens (tertiary/aromatic N) is 3. The molecule has 0 atom stereocenters. The van der Waals surface area contributed by atoms with Crippen LogP contribution >= 0.6 is 0 Å². The van der Waals surface area contributed by atoms with Gasteiger partial charge in [-0.15, -0.1) is 0 Å². The van der Waals surface area contributed by atoms with E-state index in [1.54, 1.807) is 12.1 Å². The largest absolute Gasteiger partial charge is 0.478 e. The summed E-state index contributed by atoms with van der Waals surface area (Å²) < 4.78 is 2.20. The van der Waals surface area contributed by atoms with Gasteiger partial charge < -0.3 is 15.4 Å². The number of carboxylic acids is 1. The minimum Gasteiger partial charge on any atom is -0.478 e. The van der Waals surface area contributed by atoms with E-state index in [-0.39, 0.29) is 5.56 Å². The molecule has 29 heavy (non-hydrogen) atoms. The molecular weight excluding hydrogens is 364 g/mol. The number of rotatable bonds is 6. The normalized spacial score (nSPS) is 11.4. The number of benzene rings is 2. The SMILES string of the molecule is CCCCc1nc2c(N)nc3cc(C(=O)O)ccc3c2n1Cc1ccc(C)cc1. The Morgan fingerprint density at radius 1 is 1.14 bits per heavy atom. The molecule has 0 aliphatic heterocycles. The van der Waals surface area contributed by atoms with Crippen LogP contribution in [0.3, 0.4) is 0 Å². The summed E-state index contributed by atoms with van der Waals surface area (Å²) in [5.41, 5.74) is 11.0. The van der Waals surface area contributed by atoms with E-state index in [2.05, 4.69) is 47.7 Å². The third-order valence-corrected chi connectivity index (χ3v) is 5.25. The maximum Gasteiger partial charge on any atom is 0.335 e. The summed E-state index contributed by atoms with van der Waals surface area (Å²) in [6.45, 7) is 4.91. The number of pyridine rings is 1. The second kappa shape index (κ2) is 7.54. The highest BCUT2D eigenvalue weighted by atomic mass is 16.4. The highest BCUT2D eigenvalue weighted by Crippen LogP contribution is 2.30. The van der Waals surface area contributed by atoms with E-state index in [4.69, 9.17) is 10.7 Å². The van der Waals surface area contributed by atoms with Crippen LogP contribution in [0.5, 0.6) is 0 Å². The van der Waals surface area contributed by atoms with Gasteiger partial charge in [-0.1, -0.05) is 43.2 Å². The third-order valence-electron chi connectivity index (χ3n) is 5.25. The molecule has 0 amide bonds. The average Bonchev–Trinajstić information content (AvgIpc) is 3.06. The van der Waals surface area contributed by atoms with Crippen molar-refractivity contribution in [2.75, 3.05) is 5.73 Å². The molecule has 0 spiro atoms. The van der Waals surface area contributed by atoms with Crippen molar-refractivity contribution >= 4 is 33.7 Å². The van der Waals surface area contributed by atoms with E-state index >= 15 is 0 Å². The Kier molecular flexibility index (Phi) is 4.92. The predicted molar refractivity (Wildman–Crippen MR) is 115 cm³/mol. The Bertz CT molecular complexity index is 1210. The molecule has 148 valence electrons. The fraction of sp³-hybridized carbons (Fsp3) is 0.261. The summed E-state index contributed by atoms with van der Waals surface area (Å²) in [5, 5.41) is 10.2. The second-order valence-electron chi connectivity index (χ2n) is 7.43. The monoisotopic (exact) mass is 388 g/mol. The van der Waals surface area contributed by atoms with Crippen LogP contribution in [0.4, 0.5) is 5.82 Å². The number of carbonyl (C=O) groups is 1. The van der Waals surface area contributed by atoms with Crippen LogP contribution in [-0.2, 0) is 13.0 Å². The maximum atomic E-state index is 11.4. The van der Waals surface area contributed by atoms with Gasteiger partial charge in [-0.05, 0) is 37.1 Å². The summed E-state index contributed by atoms with van der Waals surface area (Å²) in [6, 6.07) is 13.4. The highest BCUT2D eigenvalue weighted by Gasteiger charge is 2.18. The molecule has 2 heterocycles. The Morgan fingerprint density at radius 3 is 2.59 bits per heavy atom. The molecule has 0 saturated heterocycles. The third kappa shape index (κ3) is 3.53. The quantitative estimate of drug-likeness (QED) is 0.505. The van der Waals surface area contributed by atoms with Gasteiger partial charge >= 0.3 is 5.97 Å². The van der Waals surface area contributed by atoms with Crippen LogP contribution in [0.25, 0.3) is 21.9 Å². The van der Waals surface area contributed by atoms with E-state index in [0.29, 0.717) is 23.4 Å². The van der Waals surface area contributed by atoms with Crippen LogP contribution in [-0.4, -0.2) is 25.6 Å². The topological polar surface area (TPSA) is 94.0 Å². The first-order valence-corrected chi connectivity index (χ1v) is 9.85. The van der Waals surface area contributed by atoms with Crippen molar-refractivity contribution in [1.82, 2.24) is 14.5 Å². The number of fused-ring (bicyclic) bond motifs is 3. The maximum absolute atomic E-state index is 11.4. The Hall–Kier alpha value is -3.41. The van der Waals surface area contributed by atoms with Gasteiger partial charge in [0.25, 0.3) is 0 Å². The van der Waals surface area contributed by atoms with Crippen molar-refractivity contribution in [1.29, 1.82) is 0 Å². The predicted octanol–water partition coefficient (Wildman–Crippen LogP) is 4.56. The van der Waals surface area contributed by atoms with Gasteiger partial charge in [-0.25, -0.2) is 14.8 Å². The molecule has 2 aromatic carbocycles. The molecule has 4 aromatic rings. The van der Waals surface area contributed by atoms with Crippen LogP contribution in [0.1, 0.15) is 47.1 Å². The number of aryl methyl sites for hydroxylation is 2. The Balaban J connectivity index is 1.96. The standard InChI is InChI=1S/C23H24N4O2/c1-3-4-5-19-26-20-21(27(19)13-15-8-6-14(2)7-9-15)17-11-10-16(23(28)29)12-18(17)25-22(20)24/h6-12H,3-5,13H2,1-2H3,(H2,24,25)(H,28,29). The zero-order valence-corrected chi connectivity index (χ0v) is 16.6. The molecule has 0 bridgehead atoms. The molecule has 2 aromatic heterocycles. The van der Waals surface area contributed by atoms with Gasteiger partial charge in [-0.2, -0.15) is 0 Å². The van der Waals surface area contributed by atoms with E-state index in [1.807, 2.05) is 6.07 Å². The van der Waals surface area contributed by atoms with Crippen LogP contribution in [0, 0.1) is 6.92 Å². The minimum atomic E-state index is -0.982. The minimum absolute atomic E-state index is 0.194. The first-order chi connectivity index (χ1) is 14.0. The number of nitrogen functional groups attached to an aromatic ring is 1. The average molecular weight is 388 g/mol. The molecule has 3 N–H and O–H groups in total. The van der Waals surface area contributed by atoms with Gasteiger partial charge in [0.05, 0.1) is 16.6 Å². The van der Waals surface area contributed by atoms with Crippen molar-refractivity contribution in [2.24, 2.45) is 0 Å². The van der Waals surface area contributed by atoms with E-state index in [1.165, 1.54) is 11.1 Å². The number of nitrogens with two attached hydrogens (primary N) is 1. The molecular formula is C23H24N4O2. The van der Waals surface area contributed by atoms with Gasteiger partial charge in [-0.3, -0.25) is 0 Å². The Morgan fingerprint density at radius 2 is 1.90 bits per heavy atom. The number of carboxylic acid groups (broad SMARTS) is 1. The zero-order valence-electron chi connectivity index (χ0n) is 16.6.